The van der Waals surface area contributed by atoms with Gasteiger partial charge < -0.3 is 10.6 Å². The normalized spacial score (nSPS) is 10.1. The van der Waals surface area contributed by atoms with Crippen LogP contribution in [-0.2, 0) is 0 Å². The second-order valence-corrected chi connectivity index (χ2v) is 4.48. The molecule has 0 amide bonds. The molecule has 1 aromatic carbocycles. The number of aromatic nitrogens is 4. The minimum Gasteiger partial charge on any atom is -0.324 e. The molecule has 0 saturated heterocycles. The first-order valence-electron chi connectivity index (χ1n) is 6.49. The van der Waals surface area contributed by atoms with E-state index in [4.69, 9.17) is 0 Å². The number of nitrogens with zero attached hydrogens (tertiary/aromatic N) is 4. The van der Waals surface area contributed by atoms with Crippen LogP contribution in [-0.4, -0.2) is 19.9 Å². The molecule has 3 rings (SSSR count). The molecule has 21 heavy (non-hydrogen) atoms. The summed E-state index contributed by atoms with van der Waals surface area (Å²) in [5.41, 5.74) is 2.13. The molecule has 0 fully saturated rings. The van der Waals surface area contributed by atoms with E-state index in [9.17, 15) is 0 Å². The minimum absolute atomic E-state index is 0.523. The lowest BCUT2D eigenvalue weighted by Gasteiger charge is -2.08. The Labute approximate surface area is 122 Å². The van der Waals surface area contributed by atoms with Gasteiger partial charge in [0.1, 0.15) is 11.6 Å². The first kappa shape index (κ1) is 13.0. The SMILES string of the molecule is Cc1cccc(Nc2nccc(Nc3cnccn3)n2)c1. The maximum Gasteiger partial charge on any atom is 0.229 e. The third kappa shape index (κ3) is 3.50. The molecule has 0 spiro atoms. The third-order valence-corrected chi connectivity index (χ3v) is 2.75. The van der Waals surface area contributed by atoms with Crippen LogP contribution >= 0.6 is 0 Å². The van der Waals surface area contributed by atoms with Crippen molar-refractivity contribution in [2.75, 3.05) is 10.6 Å². The quantitative estimate of drug-likeness (QED) is 0.764. The van der Waals surface area contributed by atoms with Gasteiger partial charge >= 0.3 is 0 Å². The van der Waals surface area contributed by atoms with Crippen LogP contribution < -0.4 is 10.6 Å². The van der Waals surface area contributed by atoms with Crippen LogP contribution in [0.3, 0.4) is 0 Å². The Hall–Kier alpha value is -3.02. The van der Waals surface area contributed by atoms with E-state index in [1.807, 2.05) is 31.2 Å². The van der Waals surface area contributed by atoms with Crippen LogP contribution in [0, 0.1) is 6.92 Å². The van der Waals surface area contributed by atoms with E-state index in [0.29, 0.717) is 17.6 Å². The van der Waals surface area contributed by atoms with Gasteiger partial charge in [0.2, 0.25) is 5.95 Å². The Balaban J connectivity index is 1.77. The maximum atomic E-state index is 4.39. The van der Waals surface area contributed by atoms with Gasteiger partial charge in [-0.05, 0) is 30.7 Å². The molecule has 0 radical (unpaired) electrons. The van der Waals surface area contributed by atoms with Crippen molar-refractivity contribution in [3.8, 4) is 0 Å². The van der Waals surface area contributed by atoms with Crippen LogP contribution in [0.15, 0.2) is 55.1 Å². The van der Waals surface area contributed by atoms with Gasteiger partial charge in [0, 0.05) is 24.3 Å². The topological polar surface area (TPSA) is 75.6 Å². The van der Waals surface area contributed by atoms with E-state index in [1.54, 1.807) is 30.9 Å². The number of benzene rings is 1. The van der Waals surface area contributed by atoms with Gasteiger partial charge in [-0.1, -0.05) is 12.1 Å². The molecular weight excluding hydrogens is 264 g/mol. The van der Waals surface area contributed by atoms with Gasteiger partial charge in [-0.3, -0.25) is 4.98 Å². The van der Waals surface area contributed by atoms with Gasteiger partial charge in [-0.2, -0.15) is 4.98 Å². The molecule has 0 bridgehead atoms. The molecule has 0 unspecified atom stereocenters. The largest absolute Gasteiger partial charge is 0.324 e. The second kappa shape index (κ2) is 5.96. The standard InChI is InChI=1S/C15H14N6/c1-11-3-2-4-12(9-11)19-15-18-6-5-13(21-15)20-14-10-16-7-8-17-14/h2-10H,1H3,(H2,17,18,19,20,21). The van der Waals surface area contributed by atoms with Gasteiger partial charge in [-0.25, -0.2) is 9.97 Å². The molecule has 0 atom stereocenters. The fraction of sp³-hybridized carbons (Fsp3) is 0.0667. The van der Waals surface area contributed by atoms with E-state index in [0.717, 1.165) is 5.69 Å². The predicted molar refractivity (Wildman–Crippen MR) is 81.8 cm³/mol. The summed E-state index contributed by atoms with van der Waals surface area (Å²) in [5, 5.41) is 6.25. The van der Waals surface area contributed by atoms with Crippen LogP contribution in [0.2, 0.25) is 0 Å². The van der Waals surface area contributed by atoms with Crippen molar-refractivity contribution in [1.29, 1.82) is 0 Å². The number of nitrogens with one attached hydrogen (secondary N) is 2. The molecule has 0 aliphatic heterocycles. The molecule has 6 heteroatoms. The Bertz CT molecular complexity index is 729. The van der Waals surface area contributed by atoms with Gasteiger partial charge in [0.25, 0.3) is 0 Å². The highest BCUT2D eigenvalue weighted by molar-refractivity contribution is 5.57. The number of aryl methyl sites for hydroxylation is 1. The van der Waals surface area contributed by atoms with E-state index < -0.39 is 0 Å². The zero-order valence-corrected chi connectivity index (χ0v) is 11.5. The fourth-order valence-electron chi connectivity index (χ4n) is 1.84. The highest BCUT2D eigenvalue weighted by Crippen LogP contribution is 2.16. The monoisotopic (exact) mass is 278 g/mol. The zero-order chi connectivity index (χ0) is 14.5. The van der Waals surface area contributed by atoms with E-state index >= 15 is 0 Å². The van der Waals surface area contributed by atoms with Gasteiger partial charge in [-0.15, -0.1) is 0 Å². The summed E-state index contributed by atoms with van der Waals surface area (Å²) in [7, 11) is 0. The predicted octanol–water partition coefficient (Wildman–Crippen LogP) is 3.06. The lowest BCUT2D eigenvalue weighted by atomic mass is 10.2. The lowest BCUT2D eigenvalue weighted by Crippen LogP contribution is -2.01. The number of hydrogen-bond acceptors (Lipinski definition) is 6. The van der Waals surface area contributed by atoms with Crippen molar-refractivity contribution in [1.82, 2.24) is 19.9 Å². The molecule has 0 aliphatic rings. The molecule has 6 nitrogen and oxygen atoms in total. The summed E-state index contributed by atoms with van der Waals surface area (Å²) < 4.78 is 0. The summed E-state index contributed by atoms with van der Waals surface area (Å²) >= 11 is 0. The molecule has 2 heterocycles. The van der Waals surface area contributed by atoms with Gasteiger partial charge in [0.05, 0.1) is 6.20 Å². The summed E-state index contributed by atoms with van der Waals surface area (Å²) in [6.07, 6.45) is 6.56. The van der Waals surface area contributed by atoms with Crippen molar-refractivity contribution in [2.24, 2.45) is 0 Å². The van der Waals surface area contributed by atoms with E-state index in [-0.39, 0.29) is 0 Å². The van der Waals surface area contributed by atoms with E-state index in [1.165, 1.54) is 5.56 Å². The van der Waals surface area contributed by atoms with Crippen molar-refractivity contribution in [3.63, 3.8) is 0 Å². The second-order valence-electron chi connectivity index (χ2n) is 4.48. The summed E-state index contributed by atoms with van der Waals surface area (Å²) in [5.74, 6) is 1.81. The first-order valence-corrected chi connectivity index (χ1v) is 6.49. The third-order valence-electron chi connectivity index (χ3n) is 2.75. The maximum absolute atomic E-state index is 4.39. The molecular formula is C15H14N6. The Morgan fingerprint density at radius 1 is 0.905 bits per heavy atom. The van der Waals surface area contributed by atoms with Crippen molar-refractivity contribution >= 4 is 23.3 Å². The van der Waals surface area contributed by atoms with Crippen LogP contribution in [0.1, 0.15) is 5.56 Å². The smallest absolute Gasteiger partial charge is 0.229 e. The molecule has 0 saturated carbocycles. The number of rotatable bonds is 4. The van der Waals surface area contributed by atoms with Gasteiger partial charge in [0.15, 0.2) is 0 Å². The van der Waals surface area contributed by atoms with Crippen LogP contribution in [0.25, 0.3) is 0 Å². The molecule has 104 valence electrons. The summed E-state index contributed by atoms with van der Waals surface area (Å²) in [4.78, 5) is 16.7. The molecule has 3 aromatic rings. The van der Waals surface area contributed by atoms with Crippen molar-refractivity contribution in [2.45, 2.75) is 6.92 Å². The molecule has 2 aromatic heterocycles. The molecule has 0 aliphatic carbocycles. The fourth-order valence-corrected chi connectivity index (χ4v) is 1.84. The van der Waals surface area contributed by atoms with Crippen LogP contribution in [0.5, 0.6) is 0 Å². The van der Waals surface area contributed by atoms with Crippen molar-refractivity contribution < 1.29 is 0 Å². The molecule has 2 N–H and O–H groups in total. The number of hydrogen-bond donors (Lipinski definition) is 2. The van der Waals surface area contributed by atoms with E-state index in [2.05, 4.69) is 30.6 Å². The Kier molecular flexibility index (Phi) is 3.68. The highest BCUT2D eigenvalue weighted by atomic mass is 15.2. The van der Waals surface area contributed by atoms with Crippen molar-refractivity contribution in [3.05, 3.63) is 60.7 Å². The van der Waals surface area contributed by atoms with Crippen LogP contribution in [0.4, 0.5) is 23.3 Å². The minimum atomic E-state index is 0.523. The first-order chi connectivity index (χ1) is 10.3. The lowest BCUT2D eigenvalue weighted by molar-refractivity contribution is 1.14. The Morgan fingerprint density at radius 2 is 1.86 bits per heavy atom. The average molecular weight is 278 g/mol. The summed E-state index contributed by atoms with van der Waals surface area (Å²) in [6.45, 7) is 2.04. The Morgan fingerprint density at radius 3 is 2.67 bits per heavy atom. The summed E-state index contributed by atoms with van der Waals surface area (Å²) in [6, 6.07) is 9.80. The average Bonchev–Trinajstić information content (AvgIpc) is 2.49. The number of anilines is 4. The zero-order valence-electron chi connectivity index (χ0n) is 11.5. The highest BCUT2D eigenvalue weighted by Gasteiger charge is 2.01.